The Morgan fingerprint density at radius 1 is 1.19 bits per heavy atom. The Morgan fingerprint density at radius 3 is 2.65 bits per heavy atom. The van der Waals surface area contributed by atoms with E-state index in [-0.39, 0.29) is 0 Å². The first-order chi connectivity index (χ1) is 15.2. The average Bonchev–Trinajstić information content (AvgIpc) is 3.45. The number of thiazole rings is 1. The second-order valence-corrected chi connectivity index (χ2v) is 8.07. The molecule has 1 aliphatic heterocycles. The van der Waals surface area contributed by atoms with Gasteiger partial charge >= 0.3 is 0 Å². The number of rotatable bonds is 6. The van der Waals surface area contributed by atoms with E-state index < -0.39 is 0 Å². The van der Waals surface area contributed by atoms with Crippen LogP contribution in [0.25, 0.3) is 5.69 Å². The molecule has 9 nitrogen and oxygen atoms in total. The van der Waals surface area contributed by atoms with Crippen molar-refractivity contribution in [1.29, 1.82) is 5.26 Å². The molecular formula is C21H25N9S. The minimum atomic E-state index is 0.366. The Labute approximate surface area is 185 Å². The molecule has 2 aromatic heterocycles. The van der Waals surface area contributed by atoms with Crippen LogP contribution >= 0.6 is 11.3 Å². The Hall–Kier alpha value is -3.58. The van der Waals surface area contributed by atoms with Crippen LogP contribution in [0.1, 0.15) is 17.7 Å². The molecule has 31 heavy (non-hydrogen) atoms. The summed E-state index contributed by atoms with van der Waals surface area (Å²) in [5.41, 5.74) is 14.3. The summed E-state index contributed by atoms with van der Waals surface area (Å²) in [6.07, 6.45) is 3.18. The van der Waals surface area contributed by atoms with E-state index in [1.807, 2.05) is 41.9 Å². The summed E-state index contributed by atoms with van der Waals surface area (Å²) in [5, 5.41) is 17.1. The molecule has 1 fully saturated rings. The number of aliphatic imine (C=N–C) groups is 1. The molecule has 0 unspecified atom stereocenters. The average molecular weight is 436 g/mol. The summed E-state index contributed by atoms with van der Waals surface area (Å²) in [6, 6.07) is 11.8. The molecule has 1 aromatic carbocycles. The van der Waals surface area contributed by atoms with Gasteiger partial charge in [-0.1, -0.05) is 18.2 Å². The van der Waals surface area contributed by atoms with Gasteiger partial charge in [0.15, 0.2) is 11.1 Å². The van der Waals surface area contributed by atoms with Crippen molar-refractivity contribution in [2.45, 2.75) is 12.8 Å². The van der Waals surface area contributed by atoms with Gasteiger partial charge < -0.3 is 21.3 Å². The number of para-hydroxylation sites is 1. The maximum absolute atomic E-state index is 9.52. The molecule has 4 N–H and O–H groups in total. The van der Waals surface area contributed by atoms with Crippen LogP contribution < -0.4 is 16.4 Å². The first-order valence-corrected chi connectivity index (χ1v) is 11.1. The first-order valence-electron chi connectivity index (χ1n) is 10.2. The SMILES string of the molecule is N#Cc1c(CCCN=C(N)N2CCN(c3nccs3)CC2)nn(-c2ccccc2)c1N. The van der Waals surface area contributed by atoms with Crippen molar-refractivity contribution < 1.29 is 0 Å². The van der Waals surface area contributed by atoms with Gasteiger partial charge in [0.1, 0.15) is 17.5 Å². The van der Waals surface area contributed by atoms with E-state index in [0.29, 0.717) is 36.0 Å². The van der Waals surface area contributed by atoms with Crippen LogP contribution in [0.5, 0.6) is 0 Å². The fourth-order valence-corrected chi connectivity index (χ4v) is 4.28. The Balaban J connectivity index is 1.31. The summed E-state index contributed by atoms with van der Waals surface area (Å²) >= 11 is 1.65. The van der Waals surface area contributed by atoms with Gasteiger partial charge in [0.2, 0.25) is 0 Å². The zero-order chi connectivity index (χ0) is 21.6. The number of nitriles is 1. The predicted molar refractivity (Wildman–Crippen MR) is 123 cm³/mol. The topological polar surface area (TPSA) is 125 Å². The van der Waals surface area contributed by atoms with Gasteiger partial charge in [-0.3, -0.25) is 4.99 Å². The monoisotopic (exact) mass is 435 g/mol. The molecule has 0 radical (unpaired) electrons. The minimum Gasteiger partial charge on any atom is -0.382 e. The van der Waals surface area contributed by atoms with Gasteiger partial charge in [-0.2, -0.15) is 10.4 Å². The van der Waals surface area contributed by atoms with Crippen LogP contribution in [-0.4, -0.2) is 58.3 Å². The number of hydrogen-bond acceptors (Lipinski definition) is 7. The number of benzene rings is 1. The standard InChI is InChI=1S/C21H25N9S/c22-15-17-18(27-30(19(17)23)16-5-2-1-3-6-16)7-4-8-25-20(24)28-10-12-29(13-11-28)21-26-9-14-31-21/h1-3,5-6,9,14H,4,7-8,10-13,23H2,(H2,24,25). The summed E-state index contributed by atoms with van der Waals surface area (Å²) in [4.78, 5) is 13.3. The molecule has 0 bridgehead atoms. The maximum atomic E-state index is 9.52. The molecule has 1 aliphatic rings. The summed E-state index contributed by atoms with van der Waals surface area (Å²) < 4.78 is 1.62. The van der Waals surface area contributed by atoms with Crippen LogP contribution in [0.3, 0.4) is 0 Å². The van der Waals surface area contributed by atoms with Crippen molar-refractivity contribution in [3.63, 3.8) is 0 Å². The van der Waals surface area contributed by atoms with Crippen LogP contribution in [-0.2, 0) is 6.42 Å². The van der Waals surface area contributed by atoms with E-state index in [1.54, 1.807) is 16.0 Å². The van der Waals surface area contributed by atoms with Gasteiger partial charge in [-0.25, -0.2) is 9.67 Å². The lowest BCUT2D eigenvalue weighted by Gasteiger charge is -2.35. The Kier molecular flexibility index (Phi) is 6.33. The van der Waals surface area contributed by atoms with E-state index in [4.69, 9.17) is 11.5 Å². The van der Waals surface area contributed by atoms with Crippen molar-refractivity contribution in [2.24, 2.45) is 10.7 Å². The summed E-state index contributed by atoms with van der Waals surface area (Å²) in [5.74, 6) is 0.929. The third-order valence-corrected chi connectivity index (χ3v) is 6.08. The smallest absolute Gasteiger partial charge is 0.191 e. The number of hydrogen-bond donors (Lipinski definition) is 2. The van der Waals surface area contributed by atoms with E-state index in [0.717, 1.165) is 43.4 Å². The molecule has 3 heterocycles. The number of aryl methyl sites for hydroxylation is 1. The zero-order valence-corrected chi connectivity index (χ0v) is 18.0. The number of nitrogens with zero attached hydrogens (tertiary/aromatic N) is 7. The lowest BCUT2D eigenvalue weighted by atomic mass is 10.1. The highest BCUT2D eigenvalue weighted by Gasteiger charge is 2.20. The molecule has 0 spiro atoms. The van der Waals surface area contributed by atoms with Crippen LogP contribution in [0.15, 0.2) is 46.9 Å². The summed E-state index contributed by atoms with van der Waals surface area (Å²) in [6.45, 7) is 3.98. The largest absolute Gasteiger partial charge is 0.382 e. The Bertz CT molecular complexity index is 1060. The second kappa shape index (κ2) is 9.49. The second-order valence-electron chi connectivity index (χ2n) is 7.20. The number of anilines is 2. The van der Waals surface area contributed by atoms with Gasteiger partial charge in [0, 0.05) is 44.3 Å². The van der Waals surface area contributed by atoms with E-state index in [2.05, 4.69) is 30.9 Å². The molecule has 0 amide bonds. The van der Waals surface area contributed by atoms with Crippen LogP contribution in [0.4, 0.5) is 10.9 Å². The molecule has 0 saturated carbocycles. The molecule has 4 rings (SSSR count). The first kappa shape index (κ1) is 20.7. The fourth-order valence-electron chi connectivity index (χ4n) is 3.58. The number of nitrogen functional groups attached to an aromatic ring is 1. The molecule has 10 heteroatoms. The Morgan fingerprint density at radius 2 is 1.97 bits per heavy atom. The highest BCUT2D eigenvalue weighted by Crippen LogP contribution is 2.21. The van der Waals surface area contributed by atoms with Crippen molar-refractivity contribution in [3.8, 4) is 11.8 Å². The molecule has 160 valence electrons. The third kappa shape index (κ3) is 4.62. The number of guanidine groups is 1. The highest BCUT2D eigenvalue weighted by atomic mass is 32.1. The van der Waals surface area contributed by atoms with E-state index >= 15 is 0 Å². The van der Waals surface area contributed by atoms with Crippen LogP contribution in [0.2, 0.25) is 0 Å². The van der Waals surface area contributed by atoms with Crippen molar-refractivity contribution in [1.82, 2.24) is 19.7 Å². The number of piperazine rings is 1. The molecule has 0 aliphatic carbocycles. The van der Waals surface area contributed by atoms with Gasteiger partial charge in [-0.15, -0.1) is 11.3 Å². The van der Waals surface area contributed by atoms with Gasteiger partial charge in [0.25, 0.3) is 0 Å². The van der Waals surface area contributed by atoms with Crippen molar-refractivity contribution in [3.05, 3.63) is 53.2 Å². The molecule has 3 aromatic rings. The highest BCUT2D eigenvalue weighted by molar-refractivity contribution is 7.13. The number of aromatic nitrogens is 3. The van der Waals surface area contributed by atoms with Gasteiger partial charge in [-0.05, 0) is 25.0 Å². The van der Waals surface area contributed by atoms with Crippen LogP contribution in [0, 0.1) is 11.3 Å². The normalized spacial score (nSPS) is 14.6. The molecule has 0 atom stereocenters. The maximum Gasteiger partial charge on any atom is 0.191 e. The molecular weight excluding hydrogens is 410 g/mol. The van der Waals surface area contributed by atoms with Crippen molar-refractivity contribution >= 4 is 28.2 Å². The third-order valence-electron chi connectivity index (χ3n) is 5.25. The molecule has 1 saturated heterocycles. The lowest BCUT2D eigenvalue weighted by molar-refractivity contribution is 0.380. The minimum absolute atomic E-state index is 0.366. The van der Waals surface area contributed by atoms with E-state index in [1.165, 1.54) is 0 Å². The van der Waals surface area contributed by atoms with Crippen molar-refractivity contribution in [2.75, 3.05) is 43.4 Å². The fraction of sp³-hybridized carbons (Fsp3) is 0.333. The predicted octanol–water partition coefficient (Wildman–Crippen LogP) is 1.85. The quantitative estimate of drug-likeness (QED) is 0.344. The lowest BCUT2D eigenvalue weighted by Crippen LogP contribution is -2.51. The van der Waals surface area contributed by atoms with E-state index in [9.17, 15) is 5.26 Å². The van der Waals surface area contributed by atoms with Gasteiger partial charge in [0.05, 0.1) is 11.4 Å². The zero-order valence-electron chi connectivity index (χ0n) is 17.2. The number of nitrogens with two attached hydrogens (primary N) is 2. The summed E-state index contributed by atoms with van der Waals surface area (Å²) in [7, 11) is 0.